The fraction of sp³-hybridized carbons (Fsp3) is 0.391. The fourth-order valence-electron chi connectivity index (χ4n) is 3.61. The second-order valence-electron chi connectivity index (χ2n) is 7.82. The van der Waals surface area contributed by atoms with Crippen LogP contribution in [-0.2, 0) is 6.54 Å². The third-order valence-corrected chi connectivity index (χ3v) is 6.77. The average molecular weight is 439 g/mol. The first-order valence-electron chi connectivity index (χ1n) is 10.6. The molecule has 0 spiro atoms. The lowest BCUT2D eigenvalue weighted by Gasteiger charge is -2.33. The molecule has 0 radical (unpaired) electrons. The van der Waals surface area contributed by atoms with E-state index in [0.29, 0.717) is 19.0 Å². The second kappa shape index (κ2) is 10.1. The highest BCUT2D eigenvalue weighted by molar-refractivity contribution is 7.19. The molecule has 1 aliphatic heterocycles. The molecule has 1 unspecified atom stereocenters. The molecule has 31 heavy (non-hydrogen) atoms. The normalized spacial score (nSPS) is 16.5. The Bertz CT molecular complexity index is 977. The minimum absolute atomic E-state index is 0.396. The first kappa shape index (κ1) is 21.5. The molecule has 0 saturated carbocycles. The minimum atomic E-state index is -0.583. The van der Waals surface area contributed by atoms with E-state index >= 15 is 0 Å². The van der Waals surface area contributed by atoms with Crippen LogP contribution in [0.15, 0.2) is 53.7 Å². The molecule has 3 aromatic rings. The van der Waals surface area contributed by atoms with Gasteiger partial charge in [0.2, 0.25) is 0 Å². The molecule has 7 nitrogen and oxygen atoms in total. The number of aliphatic imine (C=N–C) groups is 1. The summed E-state index contributed by atoms with van der Waals surface area (Å²) in [5.41, 5.74) is 1.09. The smallest absolute Gasteiger partial charge is 0.191 e. The van der Waals surface area contributed by atoms with Gasteiger partial charge in [-0.25, -0.2) is 4.98 Å². The Morgan fingerprint density at radius 2 is 1.97 bits per heavy atom. The summed E-state index contributed by atoms with van der Waals surface area (Å²) in [4.78, 5) is 14.5. The molecular weight excluding hydrogens is 408 g/mol. The standard InChI is InChI=1S/C23H30N6OS/c1-24-23(27-16-19(30)21-13-18-5-3-4-6-20(18)31-21)26-15-17-7-8-22(25-14-17)29-11-9-28(2)10-12-29/h3-8,13-14,19,30H,9-12,15-16H2,1-2H3,(H2,24,26,27). The summed E-state index contributed by atoms with van der Waals surface area (Å²) in [6.45, 7) is 5.18. The van der Waals surface area contributed by atoms with Gasteiger partial charge in [0.1, 0.15) is 11.9 Å². The van der Waals surface area contributed by atoms with Crippen molar-refractivity contribution in [2.45, 2.75) is 12.6 Å². The van der Waals surface area contributed by atoms with Crippen LogP contribution < -0.4 is 15.5 Å². The van der Waals surface area contributed by atoms with Crippen LogP contribution >= 0.6 is 11.3 Å². The van der Waals surface area contributed by atoms with Gasteiger partial charge in [-0.1, -0.05) is 24.3 Å². The van der Waals surface area contributed by atoms with Crippen LogP contribution in [0.1, 0.15) is 16.5 Å². The maximum Gasteiger partial charge on any atom is 0.191 e. The molecule has 1 atom stereocenters. The molecule has 0 aliphatic carbocycles. The summed E-state index contributed by atoms with van der Waals surface area (Å²) >= 11 is 1.62. The number of fused-ring (bicyclic) bond motifs is 1. The van der Waals surface area contributed by atoms with Gasteiger partial charge in [-0.2, -0.15) is 0 Å². The van der Waals surface area contributed by atoms with E-state index in [1.54, 1.807) is 18.4 Å². The third kappa shape index (κ3) is 5.52. The van der Waals surface area contributed by atoms with Crippen LogP contribution in [0, 0.1) is 0 Å². The van der Waals surface area contributed by atoms with Crippen molar-refractivity contribution in [1.29, 1.82) is 0 Å². The monoisotopic (exact) mass is 438 g/mol. The number of aromatic nitrogens is 1. The van der Waals surface area contributed by atoms with Crippen molar-refractivity contribution >= 4 is 33.2 Å². The van der Waals surface area contributed by atoms with E-state index in [0.717, 1.165) is 47.8 Å². The van der Waals surface area contributed by atoms with Crippen molar-refractivity contribution in [3.63, 3.8) is 0 Å². The van der Waals surface area contributed by atoms with Crippen molar-refractivity contribution in [2.75, 3.05) is 51.7 Å². The number of thiophene rings is 1. The number of aliphatic hydroxyl groups excluding tert-OH is 1. The van der Waals surface area contributed by atoms with Crippen LogP contribution in [0.2, 0.25) is 0 Å². The molecule has 1 fully saturated rings. The van der Waals surface area contributed by atoms with Crippen LogP contribution in [-0.4, -0.2) is 67.8 Å². The number of rotatable bonds is 6. The zero-order valence-electron chi connectivity index (χ0n) is 18.1. The number of likely N-dealkylation sites (N-methyl/N-ethyl adjacent to an activating group) is 1. The Kier molecular flexibility index (Phi) is 7.01. The van der Waals surface area contributed by atoms with Gasteiger partial charge in [0.05, 0.1) is 0 Å². The summed E-state index contributed by atoms with van der Waals surface area (Å²) in [6.07, 6.45) is 1.33. The van der Waals surface area contributed by atoms with Gasteiger partial charge in [-0.15, -0.1) is 11.3 Å². The highest BCUT2D eigenvalue weighted by atomic mass is 32.1. The molecular formula is C23H30N6OS. The molecule has 0 amide bonds. The van der Waals surface area contributed by atoms with Crippen LogP contribution in [0.3, 0.4) is 0 Å². The number of anilines is 1. The molecule has 0 bridgehead atoms. The maximum atomic E-state index is 10.6. The van der Waals surface area contributed by atoms with Crippen LogP contribution in [0.5, 0.6) is 0 Å². The lowest BCUT2D eigenvalue weighted by Crippen LogP contribution is -2.44. The highest BCUT2D eigenvalue weighted by Crippen LogP contribution is 2.29. The average Bonchev–Trinajstić information content (AvgIpc) is 3.24. The van der Waals surface area contributed by atoms with Crippen molar-refractivity contribution in [1.82, 2.24) is 20.5 Å². The van der Waals surface area contributed by atoms with Crippen LogP contribution in [0.4, 0.5) is 5.82 Å². The van der Waals surface area contributed by atoms with E-state index in [4.69, 9.17) is 0 Å². The van der Waals surface area contributed by atoms with E-state index in [1.807, 2.05) is 18.3 Å². The summed E-state index contributed by atoms with van der Waals surface area (Å²) in [5.74, 6) is 1.69. The van der Waals surface area contributed by atoms with Crippen molar-refractivity contribution in [3.05, 3.63) is 59.1 Å². The first-order chi connectivity index (χ1) is 15.1. The van der Waals surface area contributed by atoms with Crippen molar-refractivity contribution in [3.8, 4) is 0 Å². The SMILES string of the molecule is CN=C(NCc1ccc(N2CCN(C)CC2)nc1)NCC(O)c1cc2ccccc2s1. The zero-order chi connectivity index (χ0) is 21.6. The molecule has 1 aromatic carbocycles. The molecule has 1 aliphatic rings. The number of nitrogens with zero attached hydrogens (tertiary/aromatic N) is 4. The fourth-order valence-corrected chi connectivity index (χ4v) is 4.66. The van der Waals surface area contributed by atoms with E-state index in [9.17, 15) is 5.11 Å². The number of nitrogens with one attached hydrogen (secondary N) is 2. The van der Waals surface area contributed by atoms with Gasteiger partial charge in [-0.05, 0) is 36.2 Å². The third-order valence-electron chi connectivity index (χ3n) is 5.56. The van der Waals surface area contributed by atoms with Gasteiger partial charge in [-0.3, -0.25) is 4.99 Å². The Hall–Kier alpha value is -2.68. The minimum Gasteiger partial charge on any atom is -0.386 e. The largest absolute Gasteiger partial charge is 0.386 e. The molecule has 2 aromatic heterocycles. The second-order valence-corrected chi connectivity index (χ2v) is 8.94. The summed E-state index contributed by atoms with van der Waals surface area (Å²) in [7, 11) is 3.89. The zero-order valence-corrected chi connectivity index (χ0v) is 18.9. The quantitative estimate of drug-likeness (QED) is 0.405. The maximum absolute atomic E-state index is 10.6. The number of benzene rings is 1. The predicted octanol–water partition coefficient (Wildman–Crippen LogP) is 2.45. The van der Waals surface area contributed by atoms with Gasteiger partial charge in [0.25, 0.3) is 0 Å². The summed E-state index contributed by atoms with van der Waals surface area (Å²) in [6, 6.07) is 14.4. The lowest BCUT2D eigenvalue weighted by atomic mass is 10.2. The number of pyridine rings is 1. The van der Waals surface area contributed by atoms with E-state index in [-0.39, 0.29) is 0 Å². The van der Waals surface area contributed by atoms with Gasteiger partial charge >= 0.3 is 0 Å². The Morgan fingerprint density at radius 3 is 2.68 bits per heavy atom. The highest BCUT2D eigenvalue weighted by Gasteiger charge is 2.15. The number of guanidine groups is 1. The summed E-state index contributed by atoms with van der Waals surface area (Å²) in [5, 5.41) is 18.2. The Labute approximate surface area is 187 Å². The van der Waals surface area contributed by atoms with Gasteiger partial charge in [0, 0.05) is 62.1 Å². The van der Waals surface area contributed by atoms with Gasteiger partial charge in [0.15, 0.2) is 5.96 Å². The molecule has 3 N–H and O–H groups in total. The van der Waals surface area contributed by atoms with E-state index in [1.165, 1.54) is 4.70 Å². The van der Waals surface area contributed by atoms with E-state index in [2.05, 4.69) is 67.8 Å². The number of hydrogen-bond acceptors (Lipinski definition) is 6. The molecule has 1 saturated heterocycles. The first-order valence-corrected chi connectivity index (χ1v) is 11.4. The molecule has 164 valence electrons. The van der Waals surface area contributed by atoms with Gasteiger partial charge < -0.3 is 25.5 Å². The number of aliphatic hydroxyl groups is 1. The lowest BCUT2D eigenvalue weighted by molar-refractivity contribution is 0.184. The number of hydrogen-bond donors (Lipinski definition) is 3. The molecule has 4 rings (SSSR count). The molecule has 8 heteroatoms. The predicted molar refractivity (Wildman–Crippen MR) is 129 cm³/mol. The number of piperazine rings is 1. The van der Waals surface area contributed by atoms with Crippen LogP contribution in [0.25, 0.3) is 10.1 Å². The van der Waals surface area contributed by atoms with Crippen molar-refractivity contribution in [2.24, 2.45) is 4.99 Å². The Morgan fingerprint density at radius 1 is 1.16 bits per heavy atom. The summed E-state index contributed by atoms with van der Waals surface area (Å²) < 4.78 is 1.19. The molecule has 3 heterocycles. The Balaban J connectivity index is 1.26. The topological polar surface area (TPSA) is 76.0 Å². The van der Waals surface area contributed by atoms with Crippen molar-refractivity contribution < 1.29 is 5.11 Å². The van der Waals surface area contributed by atoms with E-state index < -0.39 is 6.10 Å².